The van der Waals surface area contributed by atoms with Gasteiger partial charge >= 0.3 is 0 Å². The minimum absolute atomic E-state index is 0.380. The number of aliphatic hydroxyl groups excluding tert-OH is 3. The molecule has 0 saturated carbocycles. The van der Waals surface area contributed by atoms with E-state index in [0.29, 0.717) is 0 Å². The average Bonchev–Trinajstić information content (AvgIpc) is 2.25. The molecule has 16 heavy (non-hydrogen) atoms. The highest BCUT2D eigenvalue weighted by atomic mass is 16.7. The van der Waals surface area contributed by atoms with Crippen molar-refractivity contribution in [1.29, 1.82) is 0 Å². The molecule has 0 aromatic rings. The van der Waals surface area contributed by atoms with Gasteiger partial charge in [-0.05, 0) is 0 Å². The monoisotopic (exact) mass is 235 g/mol. The minimum Gasteiger partial charge on any atom is -0.394 e. The Morgan fingerprint density at radius 3 is 2.50 bits per heavy atom. The third-order valence-electron chi connectivity index (χ3n) is 2.49. The van der Waals surface area contributed by atoms with Gasteiger partial charge in [0.1, 0.15) is 18.3 Å². The Balaban J connectivity index is 2.77. The number of methoxy groups -OCH3 is 1. The van der Waals surface area contributed by atoms with Crippen molar-refractivity contribution in [2.24, 2.45) is 0 Å². The fourth-order valence-electron chi connectivity index (χ4n) is 1.70. The molecule has 0 bridgehead atoms. The number of aliphatic hydroxyl groups is 3. The molecular weight excluding hydrogens is 218 g/mol. The molecule has 0 spiro atoms. The first-order chi connectivity index (χ1) is 7.51. The van der Waals surface area contributed by atoms with Crippen molar-refractivity contribution in [2.45, 2.75) is 37.6 Å². The molecule has 94 valence electrons. The number of rotatable bonds is 3. The van der Waals surface area contributed by atoms with Crippen molar-refractivity contribution in [3.63, 3.8) is 0 Å². The number of ether oxygens (including phenoxy) is 2. The molecule has 7 nitrogen and oxygen atoms in total. The topological polar surface area (TPSA) is 108 Å². The zero-order chi connectivity index (χ0) is 12.3. The van der Waals surface area contributed by atoms with Crippen molar-refractivity contribution in [3.05, 3.63) is 0 Å². The summed E-state index contributed by atoms with van der Waals surface area (Å²) < 4.78 is 9.99. The lowest BCUT2D eigenvalue weighted by molar-refractivity contribution is -0.271. The zero-order valence-electron chi connectivity index (χ0n) is 9.16. The van der Waals surface area contributed by atoms with E-state index < -0.39 is 37.3 Å². The zero-order valence-corrected chi connectivity index (χ0v) is 9.16. The SMILES string of the molecule is CO[C@H]1O[C@H](CO)[C@H](NC(C)=O)[C@H](O)[C@H]1O. The highest BCUT2D eigenvalue weighted by Crippen LogP contribution is 2.21. The molecule has 1 amide bonds. The maximum Gasteiger partial charge on any atom is 0.217 e. The predicted molar refractivity (Wildman–Crippen MR) is 52.4 cm³/mol. The first-order valence-corrected chi connectivity index (χ1v) is 4.93. The number of carbonyl (C=O) groups is 1. The van der Waals surface area contributed by atoms with E-state index in [4.69, 9.17) is 14.6 Å². The van der Waals surface area contributed by atoms with Crippen LogP contribution in [0.25, 0.3) is 0 Å². The number of hydrogen-bond donors (Lipinski definition) is 4. The molecule has 7 heteroatoms. The van der Waals surface area contributed by atoms with Gasteiger partial charge in [0.25, 0.3) is 0 Å². The normalized spacial score (nSPS) is 39.4. The Morgan fingerprint density at radius 1 is 1.44 bits per heavy atom. The summed E-state index contributed by atoms with van der Waals surface area (Å²) in [5.41, 5.74) is 0. The van der Waals surface area contributed by atoms with E-state index in [1.165, 1.54) is 14.0 Å². The van der Waals surface area contributed by atoms with Gasteiger partial charge < -0.3 is 30.1 Å². The predicted octanol–water partition coefficient (Wildman–Crippen LogP) is -2.42. The van der Waals surface area contributed by atoms with Gasteiger partial charge in [-0.25, -0.2) is 0 Å². The van der Waals surface area contributed by atoms with Gasteiger partial charge in [0.15, 0.2) is 6.29 Å². The summed E-state index contributed by atoms with van der Waals surface area (Å²) in [7, 11) is 1.31. The largest absolute Gasteiger partial charge is 0.394 e. The van der Waals surface area contributed by atoms with E-state index in [-0.39, 0.29) is 5.91 Å². The van der Waals surface area contributed by atoms with Gasteiger partial charge in [0.05, 0.1) is 12.6 Å². The van der Waals surface area contributed by atoms with Crippen molar-refractivity contribution >= 4 is 5.91 Å². The van der Waals surface area contributed by atoms with Crippen LogP contribution in [0.5, 0.6) is 0 Å². The van der Waals surface area contributed by atoms with Crippen LogP contribution in [0.1, 0.15) is 6.92 Å². The lowest BCUT2D eigenvalue weighted by atomic mass is 9.96. The van der Waals surface area contributed by atoms with E-state index in [9.17, 15) is 15.0 Å². The summed E-state index contributed by atoms with van der Waals surface area (Å²) in [4.78, 5) is 10.9. The molecule has 5 atom stereocenters. The van der Waals surface area contributed by atoms with Crippen LogP contribution in [0.15, 0.2) is 0 Å². The number of nitrogens with one attached hydrogen (secondary N) is 1. The summed E-state index contributed by atoms with van der Waals surface area (Å²) in [6, 6.07) is -0.858. The van der Waals surface area contributed by atoms with Crippen LogP contribution in [0.3, 0.4) is 0 Å². The first-order valence-electron chi connectivity index (χ1n) is 4.93. The molecule has 0 unspecified atom stereocenters. The Labute approximate surface area is 93.0 Å². The van der Waals surface area contributed by atoms with Crippen LogP contribution < -0.4 is 5.32 Å². The average molecular weight is 235 g/mol. The third-order valence-corrected chi connectivity index (χ3v) is 2.49. The molecule has 0 radical (unpaired) electrons. The molecule has 0 aromatic carbocycles. The Morgan fingerprint density at radius 2 is 2.06 bits per heavy atom. The fraction of sp³-hybridized carbons (Fsp3) is 0.889. The number of hydrogen-bond acceptors (Lipinski definition) is 6. The second-order valence-corrected chi connectivity index (χ2v) is 3.67. The van der Waals surface area contributed by atoms with Gasteiger partial charge in [-0.3, -0.25) is 4.79 Å². The highest BCUT2D eigenvalue weighted by Gasteiger charge is 2.44. The van der Waals surface area contributed by atoms with E-state index in [2.05, 4.69) is 5.32 Å². The van der Waals surface area contributed by atoms with E-state index in [1.807, 2.05) is 0 Å². The Kier molecular flexibility index (Phi) is 4.63. The van der Waals surface area contributed by atoms with Crippen molar-refractivity contribution in [3.8, 4) is 0 Å². The molecule has 4 N–H and O–H groups in total. The Bertz CT molecular complexity index is 246. The molecule has 0 aromatic heterocycles. The number of carbonyl (C=O) groups excluding carboxylic acids is 1. The van der Waals surface area contributed by atoms with Crippen molar-refractivity contribution in [1.82, 2.24) is 5.32 Å². The molecule has 1 saturated heterocycles. The first kappa shape index (κ1) is 13.3. The van der Waals surface area contributed by atoms with Gasteiger partial charge in [-0.2, -0.15) is 0 Å². The van der Waals surface area contributed by atoms with Crippen LogP contribution in [-0.2, 0) is 14.3 Å². The van der Waals surface area contributed by atoms with Crippen LogP contribution >= 0.6 is 0 Å². The lowest BCUT2D eigenvalue weighted by Crippen LogP contribution is -2.64. The van der Waals surface area contributed by atoms with E-state index in [1.54, 1.807) is 0 Å². The quantitative estimate of drug-likeness (QED) is 0.433. The summed E-state index contributed by atoms with van der Waals surface area (Å²) in [6.45, 7) is 0.879. The second kappa shape index (κ2) is 5.55. The summed E-state index contributed by atoms with van der Waals surface area (Å²) in [5, 5.41) is 30.8. The highest BCUT2D eigenvalue weighted by molar-refractivity contribution is 5.73. The van der Waals surface area contributed by atoms with Gasteiger partial charge in [0.2, 0.25) is 5.91 Å². The van der Waals surface area contributed by atoms with Gasteiger partial charge in [-0.15, -0.1) is 0 Å². The van der Waals surface area contributed by atoms with Crippen LogP contribution in [0.4, 0.5) is 0 Å². The van der Waals surface area contributed by atoms with Gasteiger partial charge in [-0.1, -0.05) is 0 Å². The van der Waals surface area contributed by atoms with Crippen LogP contribution in [0, 0.1) is 0 Å². The second-order valence-electron chi connectivity index (χ2n) is 3.67. The van der Waals surface area contributed by atoms with Crippen LogP contribution in [-0.4, -0.2) is 65.6 Å². The molecule has 1 fully saturated rings. The van der Waals surface area contributed by atoms with E-state index >= 15 is 0 Å². The summed E-state index contributed by atoms with van der Waals surface area (Å²) >= 11 is 0. The fourth-order valence-corrected chi connectivity index (χ4v) is 1.70. The summed E-state index contributed by atoms with van der Waals surface area (Å²) in [6.07, 6.45) is -4.35. The van der Waals surface area contributed by atoms with Gasteiger partial charge in [0, 0.05) is 14.0 Å². The van der Waals surface area contributed by atoms with E-state index in [0.717, 1.165) is 0 Å². The molecule has 1 aliphatic rings. The lowest BCUT2D eigenvalue weighted by Gasteiger charge is -2.41. The van der Waals surface area contributed by atoms with Crippen molar-refractivity contribution < 1.29 is 29.6 Å². The molecule has 1 heterocycles. The maximum atomic E-state index is 10.9. The Hall–Kier alpha value is -0.730. The minimum atomic E-state index is -1.27. The third kappa shape index (κ3) is 2.69. The summed E-state index contributed by atoms with van der Waals surface area (Å²) in [5.74, 6) is -0.380. The molecule has 1 rings (SSSR count). The standard InChI is InChI=1S/C9H17NO6/c1-4(12)10-6-5(3-11)16-9(15-2)8(14)7(6)13/h5-9,11,13-14H,3H2,1-2H3,(H,10,12)/t5-,6+,7+,8-,9+/m1/s1. The molecule has 0 aliphatic carbocycles. The molecule has 1 aliphatic heterocycles. The smallest absolute Gasteiger partial charge is 0.217 e. The number of amides is 1. The van der Waals surface area contributed by atoms with Crippen LogP contribution in [0.2, 0.25) is 0 Å². The molecular formula is C9H17NO6. The van der Waals surface area contributed by atoms with Crippen molar-refractivity contribution in [2.75, 3.05) is 13.7 Å². The maximum absolute atomic E-state index is 10.9.